The van der Waals surface area contributed by atoms with Crippen LogP contribution < -0.4 is 11.1 Å². The monoisotopic (exact) mass is 234 g/mol. The van der Waals surface area contributed by atoms with E-state index < -0.39 is 0 Å². The van der Waals surface area contributed by atoms with Crippen LogP contribution in [0.15, 0.2) is 6.07 Å². The molecule has 1 aliphatic heterocycles. The lowest BCUT2D eigenvalue weighted by Crippen LogP contribution is -2.18. The van der Waals surface area contributed by atoms with Crippen molar-refractivity contribution in [2.45, 2.75) is 38.6 Å². The normalized spacial score (nSPS) is 19.5. The molecule has 1 saturated heterocycles. The highest BCUT2D eigenvalue weighted by Crippen LogP contribution is 2.20. The van der Waals surface area contributed by atoms with Crippen molar-refractivity contribution < 1.29 is 4.79 Å². The molecule has 1 aliphatic rings. The van der Waals surface area contributed by atoms with Crippen molar-refractivity contribution >= 4 is 5.91 Å². The summed E-state index contributed by atoms with van der Waals surface area (Å²) in [6.07, 6.45) is 3.18. The van der Waals surface area contributed by atoms with Crippen molar-refractivity contribution in [3.63, 3.8) is 0 Å². The second-order valence-electron chi connectivity index (χ2n) is 4.47. The number of primary amides is 1. The fourth-order valence-corrected chi connectivity index (χ4v) is 2.10. The Balaban J connectivity index is 2.13. The number of aryl methyl sites for hydroxylation is 2. The summed E-state index contributed by atoms with van der Waals surface area (Å²) in [7, 11) is 0. The first-order chi connectivity index (χ1) is 8.15. The predicted molar refractivity (Wildman–Crippen MR) is 64.3 cm³/mol. The minimum atomic E-state index is -0.290. The first-order valence-corrected chi connectivity index (χ1v) is 6.01. The van der Waals surface area contributed by atoms with Gasteiger partial charge in [-0.05, 0) is 38.8 Å². The first-order valence-electron chi connectivity index (χ1n) is 6.01. The molecule has 1 unspecified atom stereocenters. The van der Waals surface area contributed by atoms with Crippen molar-refractivity contribution in [3.05, 3.63) is 23.3 Å². The van der Waals surface area contributed by atoms with Crippen LogP contribution in [0.3, 0.4) is 0 Å². The van der Waals surface area contributed by atoms with Gasteiger partial charge in [-0.1, -0.05) is 0 Å². The number of nitrogens with two attached hydrogens (primary N) is 1. The maximum absolute atomic E-state index is 10.8. The standard InChI is InChI=1S/C12H18N4O/c1-8-7-9(4-5-11(13)17)16-12(15-8)10-3-2-6-14-10/h7,10,14H,2-6H2,1H3,(H2,13,17). The van der Waals surface area contributed by atoms with Gasteiger partial charge in [-0.3, -0.25) is 4.79 Å². The Labute approximate surface area is 101 Å². The van der Waals surface area contributed by atoms with Gasteiger partial charge in [0.05, 0.1) is 6.04 Å². The van der Waals surface area contributed by atoms with E-state index in [1.807, 2.05) is 13.0 Å². The van der Waals surface area contributed by atoms with Crippen molar-refractivity contribution in [3.8, 4) is 0 Å². The molecule has 5 nitrogen and oxygen atoms in total. The van der Waals surface area contributed by atoms with Gasteiger partial charge in [-0.2, -0.15) is 0 Å². The van der Waals surface area contributed by atoms with Crippen LogP contribution in [0.1, 0.15) is 42.5 Å². The molecule has 0 aromatic carbocycles. The molecule has 1 fully saturated rings. The van der Waals surface area contributed by atoms with Crippen LogP contribution in [0.4, 0.5) is 0 Å². The summed E-state index contributed by atoms with van der Waals surface area (Å²) in [5.74, 6) is 0.559. The van der Waals surface area contributed by atoms with Gasteiger partial charge in [0.2, 0.25) is 5.91 Å². The number of aromatic nitrogens is 2. The third-order valence-electron chi connectivity index (χ3n) is 2.92. The number of hydrogen-bond acceptors (Lipinski definition) is 4. The first kappa shape index (κ1) is 12.0. The van der Waals surface area contributed by atoms with Gasteiger partial charge in [0.25, 0.3) is 0 Å². The van der Waals surface area contributed by atoms with Gasteiger partial charge in [0.15, 0.2) is 0 Å². The average molecular weight is 234 g/mol. The summed E-state index contributed by atoms with van der Waals surface area (Å²) >= 11 is 0. The molecule has 1 aromatic rings. The zero-order valence-electron chi connectivity index (χ0n) is 10.1. The lowest BCUT2D eigenvalue weighted by molar-refractivity contribution is -0.118. The smallest absolute Gasteiger partial charge is 0.217 e. The molecule has 5 heteroatoms. The van der Waals surface area contributed by atoms with Gasteiger partial charge in [0, 0.05) is 17.8 Å². The van der Waals surface area contributed by atoms with Crippen LogP contribution in [0.25, 0.3) is 0 Å². The second kappa shape index (κ2) is 5.23. The van der Waals surface area contributed by atoms with Gasteiger partial charge in [0.1, 0.15) is 5.82 Å². The second-order valence-corrected chi connectivity index (χ2v) is 4.47. The number of nitrogens with zero attached hydrogens (tertiary/aromatic N) is 2. The van der Waals surface area contributed by atoms with E-state index in [0.29, 0.717) is 12.8 Å². The molecule has 0 saturated carbocycles. The van der Waals surface area contributed by atoms with Gasteiger partial charge < -0.3 is 11.1 Å². The van der Waals surface area contributed by atoms with Crippen LogP contribution in [0, 0.1) is 6.92 Å². The Morgan fingerprint density at radius 1 is 1.59 bits per heavy atom. The Morgan fingerprint density at radius 2 is 2.41 bits per heavy atom. The topological polar surface area (TPSA) is 80.9 Å². The third kappa shape index (κ3) is 3.23. The number of carbonyl (C=O) groups excluding carboxylic acids is 1. The highest BCUT2D eigenvalue weighted by atomic mass is 16.1. The fraction of sp³-hybridized carbons (Fsp3) is 0.583. The Kier molecular flexibility index (Phi) is 3.68. The van der Waals surface area contributed by atoms with Crippen molar-refractivity contribution in [1.82, 2.24) is 15.3 Å². The molecule has 1 amide bonds. The summed E-state index contributed by atoms with van der Waals surface area (Å²) in [5.41, 5.74) is 6.99. The highest BCUT2D eigenvalue weighted by Gasteiger charge is 2.19. The summed E-state index contributed by atoms with van der Waals surface area (Å²) in [6, 6.07) is 2.18. The molecule has 92 valence electrons. The molecule has 0 radical (unpaired) electrons. The van der Waals surface area contributed by atoms with Crippen molar-refractivity contribution in [1.29, 1.82) is 0 Å². The number of hydrogen-bond donors (Lipinski definition) is 2. The van der Waals surface area contributed by atoms with E-state index in [0.717, 1.165) is 30.2 Å². The minimum Gasteiger partial charge on any atom is -0.370 e. The number of nitrogens with one attached hydrogen (secondary N) is 1. The Morgan fingerprint density at radius 3 is 3.06 bits per heavy atom. The molecule has 0 bridgehead atoms. The zero-order valence-corrected chi connectivity index (χ0v) is 10.1. The maximum Gasteiger partial charge on any atom is 0.217 e. The van der Waals surface area contributed by atoms with E-state index in [2.05, 4.69) is 15.3 Å². The third-order valence-corrected chi connectivity index (χ3v) is 2.92. The summed E-state index contributed by atoms with van der Waals surface area (Å²) < 4.78 is 0. The van der Waals surface area contributed by atoms with Crippen molar-refractivity contribution in [2.75, 3.05) is 6.54 Å². The van der Waals surface area contributed by atoms with Crippen LogP contribution in [0.5, 0.6) is 0 Å². The summed E-state index contributed by atoms with van der Waals surface area (Å²) in [5, 5.41) is 3.38. The van der Waals surface area contributed by atoms with Crippen LogP contribution in [0.2, 0.25) is 0 Å². The predicted octanol–water partition coefficient (Wildman–Crippen LogP) is 0.627. The molecule has 1 atom stereocenters. The van der Waals surface area contributed by atoms with Gasteiger partial charge in [-0.25, -0.2) is 9.97 Å². The largest absolute Gasteiger partial charge is 0.370 e. The molecule has 2 rings (SSSR count). The Hall–Kier alpha value is -1.49. The van der Waals surface area contributed by atoms with Crippen LogP contribution in [-0.4, -0.2) is 22.4 Å². The lowest BCUT2D eigenvalue weighted by Gasteiger charge is -2.11. The molecular weight excluding hydrogens is 216 g/mol. The minimum absolute atomic E-state index is 0.266. The summed E-state index contributed by atoms with van der Waals surface area (Å²) in [4.78, 5) is 19.7. The molecule has 1 aromatic heterocycles. The van der Waals surface area contributed by atoms with Crippen LogP contribution >= 0.6 is 0 Å². The molecule has 0 aliphatic carbocycles. The maximum atomic E-state index is 10.8. The van der Waals surface area contributed by atoms with Gasteiger partial charge >= 0.3 is 0 Å². The average Bonchev–Trinajstić information content (AvgIpc) is 2.79. The molecular formula is C12H18N4O. The van der Waals surface area contributed by atoms with E-state index in [1.54, 1.807) is 0 Å². The highest BCUT2D eigenvalue weighted by molar-refractivity contribution is 5.73. The van der Waals surface area contributed by atoms with E-state index in [9.17, 15) is 4.79 Å². The quantitative estimate of drug-likeness (QED) is 0.800. The number of rotatable bonds is 4. The van der Waals surface area contributed by atoms with E-state index in [1.165, 1.54) is 6.42 Å². The molecule has 17 heavy (non-hydrogen) atoms. The van der Waals surface area contributed by atoms with Gasteiger partial charge in [-0.15, -0.1) is 0 Å². The SMILES string of the molecule is Cc1cc(CCC(N)=O)nc(C2CCCN2)n1. The zero-order chi connectivity index (χ0) is 12.3. The molecule has 0 spiro atoms. The molecule has 3 N–H and O–H groups in total. The van der Waals surface area contributed by atoms with E-state index in [4.69, 9.17) is 5.73 Å². The number of carbonyl (C=O) groups is 1. The van der Waals surface area contributed by atoms with Crippen LogP contribution in [-0.2, 0) is 11.2 Å². The summed E-state index contributed by atoms with van der Waals surface area (Å²) in [6.45, 7) is 2.98. The van der Waals surface area contributed by atoms with E-state index in [-0.39, 0.29) is 11.9 Å². The Bertz CT molecular complexity index is 413. The lowest BCUT2D eigenvalue weighted by atomic mass is 10.1. The van der Waals surface area contributed by atoms with Crippen molar-refractivity contribution in [2.24, 2.45) is 5.73 Å². The van der Waals surface area contributed by atoms with E-state index >= 15 is 0 Å². The fourth-order valence-electron chi connectivity index (χ4n) is 2.10. The molecule has 2 heterocycles. The number of amides is 1.